The summed E-state index contributed by atoms with van der Waals surface area (Å²) in [5.41, 5.74) is 0.242. The average molecular weight is 229 g/mol. The summed E-state index contributed by atoms with van der Waals surface area (Å²) in [6.45, 7) is 12.4. The minimum absolute atomic E-state index is 0.242. The fourth-order valence-electron chi connectivity index (χ4n) is 2.56. The lowest BCUT2D eigenvalue weighted by molar-refractivity contribution is -0.0688. The lowest BCUT2D eigenvalue weighted by atomic mass is 9.91. The Labute approximate surface area is 102 Å². The molecule has 0 aromatic carbocycles. The van der Waals surface area contributed by atoms with E-state index in [-0.39, 0.29) is 5.60 Å². The van der Waals surface area contributed by atoms with E-state index in [0.29, 0.717) is 6.04 Å². The SMILES string of the molecule is CC.CC.CC1CC2(CCCCO2)CN1C. The molecule has 0 aliphatic carbocycles. The first-order valence-corrected chi connectivity index (χ1v) is 7.06. The molecule has 2 aliphatic heterocycles. The molecule has 2 heterocycles. The second-order valence-electron chi connectivity index (χ2n) is 4.46. The third-order valence-corrected chi connectivity index (χ3v) is 3.39. The van der Waals surface area contributed by atoms with E-state index < -0.39 is 0 Å². The molecular formula is C14H31NO. The van der Waals surface area contributed by atoms with Crippen LogP contribution >= 0.6 is 0 Å². The van der Waals surface area contributed by atoms with E-state index in [4.69, 9.17) is 4.74 Å². The van der Waals surface area contributed by atoms with Gasteiger partial charge in [-0.1, -0.05) is 27.7 Å². The van der Waals surface area contributed by atoms with Gasteiger partial charge in [-0.15, -0.1) is 0 Å². The molecule has 2 unspecified atom stereocenters. The van der Waals surface area contributed by atoms with Crippen molar-refractivity contribution in [1.29, 1.82) is 0 Å². The van der Waals surface area contributed by atoms with Crippen LogP contribution in [0.4, 0.5) is 0 Å². The van der Waals surface area contributed by atoms with Crippen molar-refractivity contribution in [3.8, 4) is 0 Å². The Morgan fingerprint density at radius 3 is 2.12 bits per heavy atom. The van der Waals surface area contributed by atoms with Crippen LogP contribution in [0.5, 0.6) is 0 Å². The molecule has 0 saturated carbocycles. The summed E-state index contributed by atoms with van der Waals surface area (Å²) in [6, 6.07) is 0.711. The number of hydrogen-bond acceptors (Lipinski definition) is 2. The lowest BCUT2D eigenvalue weighted by Gasteiger charge is -2.33. The van der Waals surface area contributed by atoms with E-state index in [1.165, 1.54) is 25.7 Å². The van der Waals surface area contributed by atoms with E-state index in [0.717, 1.165) is 13.2 Å². The highest BCUT2D eigenvalue weighted by Gasteiger charge is 2.42. The largest absolute Gasteiger partial charge is 0.374 e. The molecule has 2 fully saturated rings. The third kappa shape index (κ3) is 4.06. The van der Waals surface area contributed by atoms with Gasteiger partial charge in [0.1, 0.15) is 0 Å². The first kappa shape index (κ1) is 15.9. The number of hydrogen-bond donors (Lipinski definition) is 0. The van der Waals surface area contributed by atoms with Gasteiger partial charge in [-0.2, -0.15) is 0 Å². The number of rotatable bonds is 0. The normalized spacial score (nSPS) is 33.8. The highest BCUT2D eigenvalue weighted by molar-refractivity contribution is 4.96. The summed E-state index contributed by atoms with van der Waals surface area (Å²) < 4.78 is 5.93. The topological polar surface area (TPSA) is 12.5 Å². The second kappa shape index (κ2) is 8.08. The van der Waals surface area contributed by atoms with E-state index in [9.17, 15) is 0 Å². The highest BCUT2D eigenvalue weighted by Crippen LogP contribution is 2.36. The van der Waals surface area contributed by atoms with Gasteiger partial charge in [0.25, 0.3) is 0 Å². The van der Waals surface area contributed by atoms with Gasteiger partial charge < -0.3 is 9.64 Å². The van der Waals surface area contributed by atoms with Crippen LogP contribution in [0.25, 0.3) is 0 Å². The van der Waals surface area contributed by atoms with Gasteiger partial charge in [-0.3, -0.25) is 0 Å². The Morgan fingerprint density at radius 2 is 1.75 bits per heavy atom. The second-order valence-corrected chi connectivity index (χ2v) is 4.46. The number of nitrogens with zero attached hydrogens (tertiary/aromatic N) is 1. The first-order valence-electron chi connectivity index (χ1n) is 7.06. The van der Waals surface area contributed by atoms with Gasteiger partial charge >= 0.3 is 0 Å². The summed E-state index contributed by atoms with van der Waals surface area (Å²) in [7, 11) is 2.21. The Morgan fingerprint density at radius 1 is 1.12 bits per heavy atom. The molecule has 0 aromatic rings. The minimum atomic E-state index is 0.242. The van der Waals surface area contributed by atoms with Crippen LogP contribution in [-0.4, -0.2) is 36.7 Å². The summed E-state index contributed by atoms with van der Waals surface area (Å²) in [5, 5.41) is 0. The van der Waals surface area contributed by atoms with Crippen LogP contribution in [0.15, 0.2) is 0 Å². The Balaban J connectivity index is 0.000000509. The molecule has 0 bridgehead atoms. The van der Waals surface area contributed by atoms with Crippen molar-refractivity contribution in [1.82, 2.24) is 4.90 Å². The lowest BCUT2D eigenvalue weighted by Crippen LogP contribution is -2.38. The standard InChI is InChI=1S/C10H19NO.2C2H6/c1-9-7-10(8-11(9)2)5-3-4-6-12-10;2*1-2/h9H,3-8H2,1-2H3;2*1-2H3. The van der Waals surface area contributed by atoms with Gasteiger partial charge in [0, 0.05) is 19.2 Å². The fourth-order valence-corrected chi connectivity index (χ4v) is 2.56. The zero-order valence-electron chi connectivity index (χ0n) is 12.2. The molecule has 1 spiro atoms. The molecule has 98 valence electrons. The van der Waals surface area contributed by atoms with E-state index >= 15 is 0 Å². The maximum Gasteiger partial charge on any atom is 0.0823 e. The van der Waals surface area contributed by atoms with Gasteiger partial charge in [0.2, 0.25) is 0 Å². The van der Waals surface area contributed by atoms with E-state index in [2.05, 4.69) is 18.9 Å². The fraction of sp³-hybridized carbons (Fsp3) is 1.00. The zero-order valence-corrected chi connectivity index (χ0v) is 12.2. The van der Waals surface area contributed by atoms with Crippen molar-refractivity contribution in [2.45, 2.75) is 71.9 Å². The predicted octanol–water partition coefficient (Wildman–Crippen LogP) is 3.70. The summed E-state index contributed by atoms with van der Waals surface area (Å²) in [5.74, 6) is 0. The summed E-state index contributed by atoms with van der Waals surface area (Å²) >= 11 is 0. The monoisotopic (exact) mass is 229 g/mol. The molecule has 0 amide bonds. The number of likely N-dealkylation sites (tertiary alicyclic amines) is 1. The quantitative estimate of drug-likeness (QED) is 0.628. The Bertz CT molecular complexity index is 152. The molecule has 2 heteroatoms. The van der Waals surface area contributed by atoms with Crippen molar-refractivity contribution < 1.29 is 4.74 Å². The van der Waals surface area contributed by atoms with Gasteiger partial charge in [0.05, 0.1) is 5.60 Å². The Kier molecular flexibility index (Phi) is 8.04. The zero-order chi connectivity index (χ0) is 12.6. The molecule has 2 aliphatic rings. The molecule has 16 heavy (non-hydrogen) atoms. The highest BCUT2D eigenvalue weighted by atomic mass is 16.5. The third-order valence-electron chi connectivity index (χ3n) is 3.39. The van der Waals surface area contributed by atoms with Crippen molar-refractivity contribution in [2.24, 2.45) is 0 Å². The molecule has 2 nitrogen and oxygen atoms in total. The van der Waals surface area contributed by atoms with Crippen LogP contribution in [0.1, 0.15) is 60.3 Å². The first-order chi connectivity index (χ1) is 7.72. The number of likely N-dealkylation sites (N-methyl/N-ethyl adjacent to an activating group) is 1. The van der Waals surface area contributed by atoms with Crippen molar-refractivity contribution >= 4 is 0 Å². The van der Waals surface area contributed by atoms with Gasteiger partial charge in [-0.05, 0) is 39.7 Å². The molecule has 0 aromatic heterocycles. The average Bonchev–Trinajstić information content (AvgIpc) is 2.60. The maximum absolute atomic E-state index is 5.93. The molecule has 0 radical (unpaired) electrons. The van der Waals surface area contributed by atoms with Gasteiger partial charge in [-0.25, -0.2) is 0 Å². The van der Waals surface area contributed by atoms with Crippen molar-refractivity contribution in [3.63, 3.8) is 0 Å². The predicted molar refractivity (Wildman–Crippen MR) is 71.9 cm³/mol. The minimum Gasteiger partial charge on any atom is -0.374 e. The van der Waals surface area contributed by atoms with Crippen molar-refractivity contribution in [3.05, 3.63) is 0 Å². The Hall–Kier alpha value is -0.0800. The number of ether oxygens (including phenoxy) is 1. The molecule has 2 atom stereocenters. The van der Waals surface area contributed by atoms with Crippen LogP contribution in [0.2, 0.25) is 0 Å². The van der Waals surface area contributed by atoms with E-state index in [1.54, 1.807) is 0 Å². The van der Waals surface area contributed by atoms with Crippen LogP contribution in [0.3, 0.4) is 0 Å². The maximum atomic E-state index is 5.93. The van der Waals surface area contributed by atoms with Gasteiger partial charge in [0.15, 0.2) is 0 Å². The summed E-state index contributed by atoms with van der Waals surface area (Å²) in [4.78, 5) is 2.42. The van der Waals surface area contributed by atoms with Crippen LogP contribution in [0, 0.1) is 0 Å². The van der Waals surface area contributed by atoms with E-state index in [1.807, 2.05) is 27.7 Å². The van der Waals surface area contributed by atoms with Crippen LogP contribution < -0.4 is 0 Å². The molecule has 2 rings (SSSR count). The smallest absolute Gasteiger partial charge is 0.0823 e. The van der Waals surface area contributed by atoms with Crippen LogP contribution in [-0.2, 0) is 4.74 Å². The van der Waals surface area contributed by atoms with Crippen molar-refractivity contribution in [2.75, 3.05) is 20.2 Å². The molecular weight excluding hydrogens is 198 g/mol. The summed E-state index contributed by atoms with van der Waals surface area (Å²) in [6.07, 6.45) is 5.14. The molecule has 0 N–H and O–H groups in total. The molecule has 2 saturated heterocycles.